The van der Waals surface area contributed by atoms with Gasteiger partial charge in [0, 0.05) is 18.3 Å². The molecule has 0 spiro atoms. The van der Waals surface area contributed by atoms with E-state index >= 15 is 0 Å². The first-order chi connectivity index (χ1) is 9.28. The van der Waals surface area contributed by atoms with Crippen molar-refractivity contribution in [1.29, 1.82) is 0 Å². The third-order valence-electron chi connectivity index (χ3n) is 2.43. The number of rotatable bonds is 6. The van der Waals surface area contributed by atoms with Crippen LogP contribution in [-0.4, -0.2) is 28.2 Å². The minimum Gasteiger partial charge on any atom is -0.486 e. The van der Waals surface area contributed by atoms with Crippen LogP contribution in [0, 0.1) is 6.92 Å². The lowest BCUT2D eigenvalue weighted by atomic mass is 10.3. The quantitative estimate of drug-likeness (QED) is 0.827. The molecule has 2 rings (SSSR count). The molecule has 0 unspecified atom stereocenters. The van der Waals surface area contributed by atoms with Gasteiger partial charge in [0.05, 0.1) is 6.61 Å². The van der Waals surface area contributed by atoms with Gasteiger partial charge in [-0.3, -0.25) is 0 Å². The number of aryl methyl sites for hydroxylation is 1. The van der Waals surface area contributed by atoms with Crippen LogP contribution in [0.15, 0.2) is 36.4 Å². The predicted octanol–water partition coefficient (Wildman–Crippen LogP) is 1.77. The molecule has 100 valence electrons. The summed E-state index contributed by atoms with van der Waals surface area (Å²) in [6, 6.07) is 11.4. The van der Waals surface area contributed by atoms with Crippen molar-refractivity contribution in [1.82, 2.24) is 9.97 Å². The summed E-state index contributed by atoms with van der Waals surface area (Å²) in [6.07, 6.45) is 0. The molecule has 0 aliphatic carbocycles. The average Bonchev–Trinajstić information content (AvgIpc) is 2.43. The van der Waals surface area contributed by atoms with Crippen LogP contribution in [0.4, 0.5) is 5.82 Å². The zero-order chi connectivity index (χ0) is 13.5. The van der Waals surface area contributed by atoms with Crippen LogP contribution in [0.25, 0.3) is 0 Å². The number of benzene rings is 1. The maximum Gasteiger partial charge on any atom is 0.168 e. The molecule has 5 nitrogen and oxygen atoms in total. The minimum absolute atomic E-state index is 0.0684. The molecule has 0 amide bonds. The highest BCUT2D eigenvalue weighted by Gasteiger charge is 2.03. The second-order valence-electron chi connectivity index (χ2n) is 4.06. The van der Waals surface area contributed by atoms with Crippen molar-refractivity contribution < 1.29 is 9.84 Å². The summed E-state index contributed by atoms with van der Waals surface area (Å²) in [5.74, 6) is 2.11. The molecular weight excluding hydrogens is 242 g/mol. The van der Waals surface area contributed by atoms with Gasteiger partial charge in [0.2, 0.25) is 0 Å². The van der Waals surface area contributed by atoms with E-state index in [2.05, 4.69) is 15.3 Å². The molecule has 1 aromatic carbocycles. The van der Waals surface area contributed by atoms with E-state index in [0.717, 1.165) is 11.4 Å². The van der Waals surface area contributed by atoms with Gasteiger partial charge in [-0.25, -0.2) is 9.97 Å². The Morgan fingerprint density at radius 1 is 1.21 bits per heavy atom. The molecule has 1 aromatic heterocycles. The second kappa shape index (κ2) is 6.70. The number of para-hydroxylation sites is 1. The summed E-state index contributed by atoms with van der Waals surface area (Å²) >= 11 is 0. The van der Waals surface area contributed by atoms with Crippen molar-refractivity contribution in [3.63, 3.8) is 0 Å². The van der Waals surface area contributed by atoms with Gasteiger partial charge in [0.25, 0.3) is 0 Å². The lowest BCUT2D eigenvalue weighted by Crippen LogP contribution is -2.10. The molecule has 5 heteroatoms. The first-order valence-corrected chi connectivity index (χ1v) is 6.15. The molecule has 2 aromatic rings. The fourth-order valence-corrected chi connectivity index (χ4v) is 1.63. The number of hydrogen-bond donors (Lipinski definition) is 2. The number of nitrogens with one attached hydrogen (secondary N) is 1. The zero-order valence-corrected chi connectivity index (χ0v) is 10.8. The Bertz CT molecular complexity index is 517. The van der Waals surface area contributed by atoms with E-state index in [-0.39, 0.29) is 6.61 Å². The van der Waals surface area contributed by atoms with Gasteiger partial charge >= 0.3 is 0 Å². The molecule has 0 saturated heterocycles. The van der Waals surface area contributed by atoms with Crippen molar-refractivity contribution in [2.45, 2.75) is 13.5 Å². The summed E-state index contributed by atoms with van der Waals surface area (Å²) in [5.41, 5.74) is 0.863. The van der Waals surface area contributed by atoms with Crippen LogP contribution in [0.3, 0.4) is 0 Å². The number of hydrogen-bond acceptors (Lipinski definition) is 5. The van der Waals surface area contributed by atoms with Gasteiger partial charge < -0.3 is 15.2 Å². The van der Waals surface area contributed by atoms with Crippen LogP contribution in [0.2, 0.25) is 0 Å². The highest BCUT2D eigenvalue weighted by Crippen LogP contribution is 2.11. The zero-order valence-electron chi connectivity index (χ0n) is 10.8. The number of aliphatic hydroxyl groups is 1. The Hall–Kier alpha value is -2.14. The number of ether oxygens (including phenoxy) is 1. The molecule has 0 radical (unpaired) electrons. The van der Waals surface area contributed by atoms with Crippen molar-refractivity contribution in [3.05, 3.63) is 47.9 Å². The average molecular weight is 259 g/mol. The number of aliphatic hydroxyl groups excluding tert-OH is 1. The summed E-state index contributed by atoms with van der Waals surface area (Å²) in [6.45, 7) is 2.76. The molecule has 0 bridgehead atoms. The Balaban J connectivity index is 2.01. The number of anilines is 1. The van der Waals surface area contributed by atoms with Gasteiger partial charge in [0.15, 0.2) is 5.82 Å². The fourth-order valence-electron chi connectivity index (χ4n) is 1.63. The highest BCUT2D eigenvalue weighted by molar-refractivity contribution is 5.35. The van der Waals surface area contributed by atoms with E-state index < -0.39 is 0 Å². The van der Waals surface area contributed by atoms with Gasteiger partial charge in [-0.1, -0.05) is 18.2 Å². The molecule has 2 N–H and O–H groups in total. The van der Waals surface area contributed by atoms with Crippen molar-refractivity contribution in [3.8, 4) is 5.75 Å². The second-order valence-corrected chi connectivity index (χ2v) is 4.06. The summed E-state index contributed by atoms with van der Waals surface area (Å²) in [7, 11) is 0. The molecular formula is C14H17N3O2. The fraction of sp³-hybridized carbons (Fsp3) is 0.286. The Morgan fingerprint density at radius 3 is 2.74 bits per heavy atom. The highest BCUT2D eigenvalue weighted by atomic mass is 16.5. The van der Waals surface area contributed by atoms with Gasteiger partial charge in [-0.2, -0.15) is 0 Å². The molecule has 19 heavy (non-hydrogen) atoms. The Kier molecular flexibility index (Phi) is 4.69. The molecule has 0 saturated carbocycles. The Morgan fingerprint density at radius 2 is 2.00 bits per heavy atom. The van der Waals surface area contributed by atoms with E-state index in [9.17, 15) is 0 Å². The van der Waals surface area contributed by atoms with Crippen molar-refractivity contribution in [2.75, 3.05) is 18.5 Å². The summed E-state index contributed by atoms with van der Waals surface area (Å²) in [5, 5.41) is 11.8. The van der Waals surface area contributed by atoms with Crippen LogP contribution in [-0.2, 0) is 6.61 Å². The standard InChI is InChI=1S/C14H17N3O2/c1-11-9-13(15-7-8-18)17-14(16-11)10-19-12-5-3-2-4-6-12/h2-6,9,18H,7-8,10H2,1H3,(H,15,16,17). The SMILES string of the molecule is Cc1cc(NCCO)nc(COc2ccccc2)n1. The topological polar surface area (TPSA) is 67.3 Å². The van der Waals surface area contributed by atoms with Gasteiger partial charge in [-0.15, -0.1) is 0 Å². The normalized spacial score (nSPS) is 10.2. The lowest BCUT2D eigenvalue weighted by molar-refractivity contribution is 0.295. The van der Waals surface area contributed by atoms with Gasteiger partial charge in [-0.05, 0) is 19.1 Å². The van der Waals surface area contributed by atoms with E-state index in [0.29, 0.717) is 24.8 Å². The molecule has 0 aliphatic rings. The van der Waals surface area contributed by atoms with Crippen LogP contribution in [0.5, 0.6) is 5.75 Å². The van der Waals surface area contributed by atoms with E-state index in [1.54, 1.807) is 0 Å². The largest absolute Gasteiger partial charge is 0.486 e. The maximum absolute atomic E-state index is 8.79. The molecule has 1 heterocycles. The van der Waals surface area contributed by atoms with E-state index in [4.69, 9.17) is 9.84 Å². The number of nitrogens with zero attached hydrogens (tertiary/aromatic N) is 2. The third-order valence-corrected chi connectivity index (χ3v) is 2.43. The maximum atomic E-state index is 8.79. The van der Waals surface area contributed by atoms with Crippen LogP contribution in [0.1, 0.15) is 11.5 Å². The van der Waals surface area contributed by atoms with Crippen LogP contribution >= 0.6 is 0 Å². The molecule has 0 aliphatic heterocycles. The van der Waals surface area contributed by atoms with E-state index in [1.165, 1.54) is 0 Å². The third kappa shape index (κ3) is 4.22. The molecule has 0 atom stereocenters. The first kappa shape index (κ1) is 13.3. The summed E-state index contributed by atoms with van der Waals surface area (Å²) < 4.78 is 5.60. The lowest BCUT2D eigenvalue weighted by Gasteiger charge is -2.08. The smallest absolute Gasteiger partial charge is 0.168 e. The summed E-state index contributed by atoms with van der Waals surface area (Å²) in [4.78, 5) is 8.65. The van der Waals surface area contributed by atoms with E-state index in [1.807, 2.05) is 43.3 Å². The van der Waals surface area contributed by atoms with Crippen molar-refractivity contribution >= 4 is 5.82 Å². The van der Waals surface area contributed by atoms with Crippen molar-refractivity contribution in [2.24, 2.45) is 0 Å². The minimum atomic E-state index is 0.0684. The predicted molar refractivity (Wildman–Crippen MR) is 73.1 cm³/mol. The van der Waals surface area contributed by atoms with Gasteiger partial charge in [0.1, 0.15) is 18.2 Å². The number of aromatic nitrogens is 2. The monoisotopic (exact) mass is 259 g/mol. The van der Waals surface area contributed by atoms with Crippen LogP contribution < -0.4 is 10.1 Å². The molecule has 0 fully saturated rings. The Labute approximate surface area is 112 Å². The first-order valence-electron chi connectivity index (χ1n) is 6.15.